The summed E-state index contributed by atoms with van der Waals surface area (Å²) in [5, 5.41) is 2.93. The molecule has 0 amide bonds. The summed E-state index contributed by atoms with van der Waals surface area (Å²) in [6, 6.07) is 11.3. The Bertz CT molecular complexity index is 1390. The molecular weight excluding hydrogens is 464 g/mol. The van der Waals surface area contributed by atoms with E-state index < -0.39 is 23.0 Å². The zero-order chi connectivity index (χ0) is 28.8. The molecule has 0 bridgehead atoms. The van der Waals surface area contributed by atoms with Gasteiger partial charge in [0, 0.05) is 28.5 Å². The number of ketones is 1. The highest BCUT2D eigenvalue weighted by molar-refractivity contribution is 7.92. The first-order valence-electron chi connectivity index (χ1n) is 13.8. The summed E-state index contributed by atoms with van der Waals surface area (Å²) in [6.45, 7) is 0.131. The third kappa shape index (κ3) is 7.83. The number of anilines is 1. The number of aryl methyl sites for hydroxylation is 1. The first-order chi connectivity index (χ1) is 18.2. The Hall–Kier alpha value is -2.84. The molecule has 0 atom stereocenters. The minimum Gasteiger partial charge on any atom is -0.494 e. The van der Waals surface area contributed by atoms with Gasteiger partial charge in [-0.2, -0.15) is 0 Å². The van der Waals surface area contributed by atoms with Crippen molar-refractivity contribution < 1.29 is 27.8 Å². The lowest BCUT2D eigenvalue weighted by Gasteiger charge is -2.08. The Labute approximate surface area is 213 Å². The van der Waals surface area contributed by atoms with Crippen LogP contribution in [-0.2, 0) is 16.4 Å². The maximum Gasteiger partial charge on any atom is 0.229 e. The van der Waals surface area contributed by atoms with Crippen molar-refractivity contribution >= 4 is 32.5 Å². The predicted molar refractivity (Wildman–Crippen MR) is 141 cm³/mol. The van der Waals surface area contributed by atoms with Crippen molar-refractivity contribution in [2.24, 2.45) is 0 Å². The molecule has 2 aromatic carbocycles. The smallest absolute Gasteiger partial charge is 0.229 e. The van der Waals surface area contributed by atoms with E-state index >= 15 is 0 Å². The highest BCUT2D eigenvalue weighted by atomic mass is 32.2. The van der Waals surface area contributed by atoms with E-state index in [1.807, 2.05) is 13.8 Å². The van der Waals surface area contributed by atoms with Crippen molar-refractivity contribution in [2.75, 3.05) is 30.6 Å². The summed E-state index contributed by atoms with van der Waals surface area (Å²) in [5.74, 6) is 0.731. The van der Waals surface area contributed by atoms with Gasteiger partial charge in [0.05, 0.1) is 18.4 Å². The second-order valence-corrected chi connectivity index (χ2v) is 10.0. The number of fused-ring (bicyclic) bond motifs is 1. The number of nitrogens with one attached hydrogen (secondary N) is 2. The van der Waals surface area contributed by atoms with Crippen LogP contribution < -0.4 is 14.8 Å². The van der Waals surface area contributed by atoms with Gasteiger partial charge in [0.15, 0.2) is 5.78 Å². The monoisotopic (exact) mass is 504 g/mol. The molecule has 0 saturated carbocycles. The molecule has 190 valence electrons. The van der Waals surface area contributed by atoms with E-state index in [4.69, 9.17) is 14.6 Å². The fourth-order valence-corrected chi connectivity index (χ4v) is 4.12. The van der Waals surface area contributed by atoms with Crippen LogP contribution in [0.4, 0.5) is 5.69 Å². The van der Waals surface area contributed by atoms with Crippen LogP contribution in [0.5, 0.6) is 5.75 Å². The Morgan fingerprint density at radius 1 is 1.03 bits per heavy atom. The summed E-state index contributed by atoms with van der Waals surface area (Å²) < 4.78 is 69.3. The second-order valence-electron chi connectivity index (χ2n) is 8.27. The fraction of sp³-hybridized carbons (Fsp3) is 0.444. The van der Waals surface area contributed by atoms with Gasteiger partial charge in [-0.1, -0.05) is 26.7 Å². The van der Waals surface area contributed by atoms with Gasteiger partial charge in [0.25, 0.3) is 0 Å². The van der Waals surface area contributed by atoms with Crippen molar-refractivity contribution in [1.29, 1.82) is 0 Å². The quantitative estimate of drug-likeness (QED) is 0.264. The molecule has 0 radical (unpaired) electrons. The standard InChI is InChI=1S/C27H36N2O5S/c1-4-6-9-25-26(23-19-21(29-35(3,31)32)12-15-24(23)34-25)27(30)20-10-13-22(14-11-20)33-18-8-17-28-16-7-5-2/h10-15,19,28-29H,4-9,16-18H2,1-3H3/i16D2,17D2. The summed E-state index contributed by atoms with van der Waals surface area (Å²) in [5.41, 5.74) is 1.62. The average Bonchev–Trinajstić information content (AvgIpc) is 3.18. The molecule has 0 fully saturated rings. The van der Waals surface area contributed by atoms with Gasteiger partial charge in [-0.25, -0.2) is 8.42 Å². The van der Waals surface area contributed by atoms with Crippen molar-refractivity contribution in [3.63, 3.8) is 0 Å². The molecule has 0 aliphatic rings. The number of ether oxygens (including phenoxy) is 1. The van der Waals surface area contributed by atoms with Gasteiger partial charge in [-0.05, 0) is 74.7 Å². The van der Waals surface area contributed by atoms with Crippen LogP contribution in [0.3, 0.4) is 0 Å². The average molecular weight is 505 g/mol. The summed E-state index contributed by atoms with van der Waals surface area (Å²) in [7, 11) is -3.50. The molecule has 0 spiro atoms. The molecule has 7 nitrogen and oxygen atoms in total. The number of rotatable bonds is 15. The zero-order valence-corrected chi connectivity index (χ0v) is 21.3. The Kier molecular flexibility index (Phi) is 7.81. The topological polar surface area (TPSA) is 97.6 Å². The van der Waals surface area contributed by atoms with Crippen LogP contribution in [0.15, 0.2) is 46.9 Å². The van der Waals surface area contributed by atoms with Gasteiger partial charge in [-0.3, -0.25) is 9.52 Å². The van der Waals surface area contributed by atoms with E-state index in [9.17, 15) is 13.2 Å². The normalized spacial score (nSPS) is 14.1. The van der Waals surface area contributed by atoms with Crippen molar-refractivity contribution in [2.45, 2.75) is 52.4 Å². The summed E-state index contributed by atoms with van der Waals surface area (Å²) >= 11 is 0. The summed E-state index contributed by atoms with van der Waals surface area (Å²) in [6.07, 6.45) is 4.08. The highest BCUT2D eigenvalue weighted by Crippen LogP contribution is 2.32. The molecule has 3 rings (SSSR count). The first kappa shape index (κ1) is 21.4. The largest absolute Gasteiger partial charge is 0.494 e. The minimum atomic E-state index is -3.50. The Morgan fingerprint density at radius 2 is 1.74 bits per heavy atom. The number of benzene rings is 2. The van der Waals surface area contributed by atoms with Crippen LogP contribution in [0.25, 0.3) is 11.0 Å². The molecule has 1 aromatic heterocycles. The maximum atomic E-state index is 13.6. The predicted octanol–water partition coefficient (Wildman–Crippen LogP) is 5.54. The molecule has 2 N–H and O–H groups in total. The van der Waals surface area contributed by atoms with E-state index in [1.54, 1.807) is 42.5 Å². The zero-order valence-electron chi connectivity index (χ0n) is 24.4. The first-order valence-corrected chi connectivity index (χ1v) is 13.7. The van der Waals surface area contributed by atoms with E-state index in [0.29, 0.717) is 52.1 Å². The summed E-state index contributed by atoms with van der Waals surface area (Å²) in [4.78, 5) is 13.6. The molecule has 0 aliphatic carbocycles. The third-order valence-electron chi connectivity index (χ3n) is 5.21. The molecule has 35 heavy (non-hydrogen) atoms. The van der Waals surface area contributed by atoms with Crippen LogP contribution in [0.2, 0.25) is 0 Å². The van der Waals surface area contributed by atoms with Crippen molar-refractivity contribution in [3.05, 3.63) is 59.4 Å². The Balaban J connectivity index is 1.77. The maximum absolute atomic E-state index is 13.6. The number of furan rings is 1. The number of unbranched alkanes of at least 4 members (excludes halogenated alkanes) is 1. The molecule has 1 heterocycles. The molecule has 0 unspecified atom stereocenters. The van der Waals surface area contributed by atoms with Gasteiger partial charge in [0.2, 0.25) is 10.0 Å². The molecule has 8 heteroatoms. The molecule has 3 aromatic rings. The number of carbonyl (C=O) groups is 1. The van der Waals surface area contributed by atoms with Gasteiger partial charge in [-0.15, -0.1) is 0 Å². The third-order valence-corrected chi connectivity index (χ3v) is 5.82. The van der Waals surface area contributed by atoms with Gasteiger partial charge in [0.1, 0.15) is 17.1 Å². The molecule has 0 aliphatic heterocycles. The van der Waals surface area contributed by atoms with Crippen LogP contribution >= 0.6 is 0 Å². The van der Waals surface area contributed by atoms with Crippen LogP contribution in [0.1, 0.15) is 73.1 Å². The number of sulfonamides is 1. The number of hydrogen-bond donors (Lipinski definition) is 2. The van der Waals surface area contributed by atoms with Crippen molar-refractivity contribution in [3.8, 4) is 5.75 Å². The SMILES string of the molecule is [2H]C([2H])(CCC)NC([2H])([2H])CCOc1ccc(C(=O)c2c(CCCC)oc3ccc(NS(C)(=O)=O)cc23)cc1. The lowest BCUT2D eigenvalue weighted by Crippen LogP contribution is -2.18. The van der Waals surface area contributed by atoms with Crippen LogP contribution in [-0.4, -0.2) is 40.1 Å². The lowest BCUT2D eigenvalue weighted by molar-refractivity contribution is 0.103. The van der Waals surface area contributed by atoms with Crippen molar-refractivity contribution in [1.82, 2.24) is 5.32 Å². The van der Waals surface area contributed by atoms with E-state index in [1.165, 1.54) is 0 Å². The van der Waals surface area contributed by atoms with Gasteiger partial charge < -0.3 is 14.5 Å². The fourth-order valence-electron chi connectivity index (χ4n) is 3.57. The highest BCUT2D eigenvalue weighted by Gasteiger charge is 2.22. The molecular formula is C27H36N2O5S. The second kappa shape index (κ2) is 12.7. The van der Waals surface area contributed by atoms with E-state index in [-0.39, 0.29) is 25.2 Å². The number of hydrogen-bond acceptors (Lipinski definition) is 6. The van der Waals surface area contributed by atoms with Crippen LogP contribution in [0, 0.1) is 0 Å². The minimum absolute atomic E-state index is 0.0130. The lowest BCUT2D eigenvalue weighted by atomic mass is 9.98. The van der Waals surface area contributed by atoms with E-state index in [0.717, 1.165) is 19.1 Å². The van der Waals surface area contributed by atoms with Gasteiger partial charge >= 0.3 is 0 Å². The van der Waals surface area contributed by atoms with E-state index in [2.05, 4.69) is 10.0 Å². The number of carbonyl (C=O) groups excluding carboxylic acids is 1. The molecule has 0 saturated heterocycles. The Morgan fingerprint density at radius 3 is 2.43 bits per heavy atom.